The number of rotatable bonds is 0. The van der Waals surface area contributed by atoms with Gasteiger partial charge in [-0.15, -0.1) is 11.3 Å². The van der Waals surface area contributed by atoms with Crippen molar-refractivity contribution in [3.8, 4) is 5.75 Å². The lowest BCUT2D eigenvalue weighted by molar-refractivity contribution is -0.616. The number of benzene rings is 2. The molecule has 0 saturated heterocycles. The maximum absolute atomic E-state index is 10.0. The summed E-state index contributed by atoms with van der Waals surface area (Å²) in [6.45, 7) is 0. The zero-order chi connectivity index (χ0) is 13.0. The van der Waals surface area contributed by atoms with E-state index in [-0.39, 0.29) is 0 Å². The van der Waals surface area contributed by atoms with Gasteiger partial charge in [-0.1, -0.05) is 18.2 Å². The van der Waals surface area contributed by atoms with Crippen LogP contribution >= 0.6 is 11.3 Å². The molecule has 0 aliphatic rings. The van der Waals surface area contributed by atoms with Gasteiger partial charge in [0, 0.05) is 10.8 Å². The molecular formula is C16H12NOS+. The molecule has 2 nitrogen and oxygen atoms in total. The lowest BCUT2D eigenvalue weighted by Crippen LogP contribution is -2.29. The van der Waals surface area contributed by atoms with Crippen LogP contribution in [0.5, 0.6) is 5.75 Å². The van der Waals surface area contributed by atoms with Crippen molar-refractivity contribution < 1.29 is 9.67 Å². The Kier molecular flexibility index (Phi) is 2.09. The molecule has 0 fully saturated rings. The zero-order valence-electron chi connectivity index (χ0n) is 10.4. The van der Waals surface area contributed by atoms with Crippen LogP contribution in [0, 0.1) is 0 Å². The minimum Gasteiger partial charge on any atom is -0.507 e. The van der Waals surface area contributed by atoms with Crippen LogP contribution < -0.4 is 4.57 Å². The molecule has 0 bridgehead atoms. The molecule has 2 aromatic carbocycles. The van der Waals surface area contributed by atoms with Gasteiger partial charge in [0.25, 0.3) is 0 Å². The first-order valence-electron chi connectivity index (χ1n) is 6.17. The molecule has 0 amide bonds. The van der Waals surface area contributed by atoms with Gasteiger partial charge in [-0.25, -0.2) is 0 Å². The van der Waals surface area contributed by atoms with Crippen LogP contribution in [0.15, 0.2) is 48.5 Å². The van der Waals surface area contributed by atoms with Crippen molar-refractivity contribution in [3.05, 3.63) is 48.5 Å². The first kappa shape index (κ1) is 10.8. The van der Waals surface area contributed by atoms with E-state index in [0.717, 1.165) is 10.9 Å². The van der Waals surface area contributed by atoms with Crippen molar-refractivity contribution in [3.63, 3.8) is 0 Å². The third-order valence-corrected chi connectivity index (χ3v) is 4.73. The minimum absolute atomic E-state index is 0.340. The van der Waals surface area contributed by atoms with Crippen LogP contribution in [-0.2, 0) is 7.05 Å². The molecule has 0 unspecified atom stereocenters. The number of fused-ring (bicyclic) bond motifs is 4. The number of hydrogen-bond donors (Lipinski definition) is 1. The summed E-state index contributed by atoms with van der Waals surface area (Å²) in [7, 11) is 2.06. The number of aromatic nitrogens is 1. The third kappa shape index (κ3) is 1.39. The second-order valence-corrected chi connectivity index (χ2v) is 5.81. The molecule has 0 radical (unpaired) electrons. The minimum atomic E-state index is 0.340. The van der Waals surface area contributed by atoms with Gasteiger partial charge in [0.1, 0.15) is 17.5 Å². The van der Waals surface area contributed by atoms with Gasteiger partial charge >= 0.3 is 0 Å². The van der Waals surface area contributed by atoms with Crippen LogP contribution in [0.2, 0.25) is 0 Å². The maximum atomic E-state index is 10.0. The Morgan fingerprint density at radius 3 is 2.68 bits per heavy atom. The number of pyridine rings is 1. The second-order valence-electron chi connectivity index (χ2n) is 4.72. The second kappa shape index (κ2) is 3.68. The van der Waals surface area contributed by atoms with Crippen molar-refractivity contribution in [2.75, 3.05) is 0 Å². The number of aryl methyl sites for hydroxylation is 1. The molecular weight excluding hydrogens is 254 g/mol. The normalized spacial score (nSPS) is 11.6. The standard InChI is InChI=1S/C16H11NOS/c1-17-12-6-4-7-13(18)11(12)9-15-16(17)10-5-2-3-8-14(10)19-15/h2-9H,1H3/p+1. The zero-order valence-corrected chi connectivity index (χ0v) is 11.2. The molecule has 2 heterocycles. The van der Waals surface area contributed by atoms with Crippen molar-refractivity contribution in [2.24, 2.45) is 7.05 Å². The molecule has 3 heteroatoms. The van der Waals surface area contributed by atoms with Crippen molar-refractivity contribution in [2.45, 2.75) is 0 Å². The van der Waals surface area contributed by atoms with E-state index in [0.29, 0.717) is 5.75 Å². The van der Waals surface area contributed by atoms with Gasteiger partial charge in [0.05, 0.1) is 10.8 Å². The summed E-state index contributed by atoms with van der Waals surface area (Å²) < 4.78 is 4.66. The van der Waals surface area contributed by atoms with Crippen LogP contribution in [-0.4, -0.2) is 5.11 Å². The van der Waals surface area contributed by atoms with E-state index < -0.39 is 0 Å². The fraction of sp³-hybridized carbons (Fsp3) is 0.0625. The smallest absolute Gasteiger partial charge is 0.231 e. The highest BCUT2D eigenvalue weighted by molar-refractivity contribution is 7.25. The molecule has 0 saturated carbocycles. The van der Waals surface area contributed by atoms with Gasteiger partial charge in [-0.2, -0.15) is 4.57 Å². The molecule has 0 aliphatic heterocycles. The SMILES string of the molecule is C[n+]1c2cccc(O)c2cc2sc3ccccc3c21. The third-order valence-electron chi connectivity index (χ3n) is 3.63. The van der Waals surface area contributed by atoms with Crippen molar-refractivity contribution in [1.29, 1.82) is 0 Å². The lowest BCUT2D eigenvalue weighted by Gasteiger charge is -2.00. The maximum Gasteiger partial charge on any atom is 0.231 e. The molecule has 92 valence electrons. The Morgan fingerprint density at radius 2 is 1.79 bits per heavy atom. The van der Waals surface area contributed by atoms with E-state index in [1.807, 2.05) is 12.1 Å². The first-order valence-corrected chi connectivity index (χ1v) is 6.99. The quantitative estimate of drug-likeness (QED) is 0.482. The highest BCUT2D eigenvalue weighted by atomic mass is 32.1. The molecule has 0 atom stereocenters. The van der Waals surface area contributed by atoms with E-state index in [4.69, 9.17) is 0 Å². The van der Waals surface area contributed by atoms with Crippen LogP contribution in [0.25, 0.3) is 31.2 Å². The summed E-state index contributed by atoms with van der Waals surface area (Å²) in [5, 5.41) is 12.2. The molecule has 19 heavy (non-hydrogen) atoms. The number of nitrogens with zero attached hydrogens (tertiary/aromatic N) is 1. The van der Waals surface area contributed by atoms with Crippen LogP contribution in [0.1, 0.15) is 0 Å². The van der Waals surface area contributed by atoms with Crippen LogP contribution in [0.3, 0.4) is 0 Å². The average Bonchev–Trinajstić information content (AvgIpc) is 2.79. The highest BCUT2D eigenvalue weighted by Gasteiger charge is 2.18. The monoisotopic (exact) mass is 266 g/mol. The molecule has 0 aliphatic carbocycles. The van der Waals surface area contributed by atoms with Crippen molar-refractivity contribution in [1.82, 2.24) is 0 Å². The Balaban J connectivity index is 2.34. The summed E-state index contributed by atoms with van der Waals surface area (Å²) in [4.78, 5) is 0. The summed E-state index contributed by atoms with van der Waals surface area (Å²) in [5.41, 5.74) is 2.29. The Bertz CT molecular complexity index is 940. The Morgan fingerprint density at radius 1 is 0.947 bits per heavy atom. The topological polar surface area (TPSA) is 24.1 Å². The van der Waals surface area contributed by atoms with Crippen molar-refractivity contribution >= 4 is 42.5 Å². The lowest BCUT2D eigenvalue weighted by atomic mass is 10.1. The number of hydrogen-bond acceptors (Lipinski definition) is 2. The summed E-state index contributed by atoms with van der Waals surface area (Å²) in [6.07, 6.45) is 0. The largest absolute Gasteiger partial charge is 0.507 e. The van der Waals surface area contributed by atoms with Gasteiger partial charge in [-0.05, 0) is 24.3 Å². The highest BCUT2D eigenvalue weighted by Crippen LogP contribution is 2.34. The predicted octanol–water partition coefficient (Wildman–Crippen LogP) is 3.74. The number of thiophene rings is 1. The summed E-state index contributed by atoms with van der Waals surface area (Å²) in [6, 6.07) is 16.2. The first-order chi connectivity index (χ1) is 9.25. The molecule has 4 aromatic rings. The summed E-state index contributed by atoms with van der Waals surface area (Å²) >= 11 is 1.77. The summed E-state index contributed by atoms with van der Waals surface area (Å²) in [5.74, 6) is 0.340. The number of phenolic OH excluding ortho intramolecular Hbond substituents is 1. The fourth-order valence-corrected chi connectivity index (χ4v) is 3.91. The Labute approximate surface area is 114 Å². The van der Waals surface area contributed by atoms with Gasteiger partial charge < -0.3 is 5.11 Å². The van der Waals surface area contributed by atoms with Gasteiger partial charge in [-0.3, -0.25) is 0 Å². The molecule has 0 spiro atoms. The number of phenols is 1. The van der Waals surface area contributed by atoms with E-state index in [1.54, 1.807) is 17.4 Å². The molecule has 2 aromatic heterocycles. The average molecular weight is 266 g/mol. The van der Waals surface area contributed by atoms with Gasteiger partial charge in [0.2, 0.25) is 11.0 Å². The van der Waals surface area contributed by atoms with Crippen LogP contribution in [0.4, 0.5) is 0 Å². The molecule has 4 rings (SSSR count). The predicted molar refractivity (Wildman–Crippen MR) is 79.7 cm³/mol. The van der Waals surface area contributed by atoms with E-state index in [1.165, 1.54) is 20.3 Å². The van der Waals surface area contributed by atoms with E-state index in [2.05, 4.69) is 41.9 Å². The van der Waals surface area contributed by atoms with Gasteiger partial charge in [0.15, 0.2) is 0 Å². The fourth-order valence-electron chi connectivity index (χ4n) is 2.73. The van der Waals surface area contributed by atoms with E-state index >= 15 is 0 Å². The number of aromatic hydroxyl groups is 1. The Hall–Kier alpha value is -2.13. The molecule has 1 N–H and O–H groups in total. The van der Waals surface area contributed by atoms with E-state index in [9.17, 15) is 5.11 Å².